The SMILES string of the molecule is CCCCCCCCCCCCNC(=O)O[C@@H]1[C@H](OC(=O)NCCCCCCCCCCCC)[C@@H](CO)O[C@H]1n1ccc(=O)[nH]c1=O. The molecule has 47 heavy (non-hydrogen) atoms. The topological polar surface area (TPSA) is 161 Å². The van der Waals surface area contributed by atoms with E-state index in [-0.39, 0.29) is 0 Å². The number of hydrogen-bond acceptors (Lipinski definition) is 8. The van der Waals surface area contributed by atoms with E-state index in [1.165, 1.54) is 96.1 Å². The largest absolute Gasteiger partial charge is 0.439 e. The number of nitrogens with one attached hydrogen (secondary N) is 3. The molecule has 0 unspecified atom stereocenters. The number of H-pyrrole nitrogens is 1. The fourth-order valence-corrected chi connectivity index (χ4v) is 5.91. The van der Waals surface area contributed by atoms with Crippen LogP contribution in [0.25, 0.3) is 0 Å². The number of nitrogens with zero attached hydrogens (tertiary/aromatic N) is 1. The van der Waals surface area contributed by atoms with Crippen molar-refractivity contribution in [3.8, 4) is 0 Å². The number of alkyl carbamates (subject to hydrolysis) is 2. The van der Waals surface area contributed by atoms with Crippen molar-refractivity contribution in [3.05, 3.63) is 33.1 Å². The summed E-state index contributed by atoms with van der Waals surface area (Å²) in [5, 5.41) is 15.5. The molecule has 1 aliphatic heterocycles. The molecule has 1 aromatic heterocycles. The van der Waals surface area contributed by atoms with Crippen LogP contribution >= 0.6 is 0 Å². The maximum atomic E-state index is 12.8. The quantitative estimate of drug-likeness (QED) is 0.0820. The Labute approximate surface area is 280 Å². The van der Waals surface area contributed by atoms with Crippen LogP contribution in [0.3, 0.4) is 0 Å². The highest BCUT2D eigenvalue weighted by molar-refractivity contribution is 5.68. The molecule has 2 heterocycles. The summed E-state index contributed by atoms with van der Waals surface area (Å²) in [7, 11) is 0. The van der Waals surface area contributed by atoms with Gasteiger partial charge in [-0.05, 0) is 12.8 Å². The molecule has 4 N–H and O–H groups in total. The third-order valence-electron chi connectivity index (χ3n) is 8.68. The Bertz CT molecular complexity index is 1090. The van der Waals surface area contributed by atoms with Crippen molar-refractivity contribution in [1.29, 1.82) is 0 Å². The lowest BCUT2D eigenvalue weighted by Crippen LogP contribution is -2.45. The van der Waals surface area contributed by atoms with Gasteiger partial charge in [0.2, 0.25) is 0 Å². The van der Waals surface area contributed by atoms with Gasteiger partial charge in [0.25, 0.3) is 5.56 Å². The van der Waals surface area contributed by atoms with Gasteiger partial charge in [-0.15, -0.1) is 0 Å². The summed E-state index contributed by atoms with van der Waals surface area (Å²) < 4.78 is 18.2. The first-order chi connectivity index (χ1) is 22.9. The van der Waals surface area contributed by atoms with Crippen LogP contribution in [-0.4, -0.2) is 64.9 Å². The van der Waals surface area contributed by atoms with E-state index < -0.39 is 54.6 Å². The lowest BCUT2D eigenvalue weighted by molar-refractivity contribution is -0.0571. The predicted octanol–water partition coefficient (Wildman–Crippen LogP) is 6.46. The number of aliphatic hydroxyl groups is 1. The summed E-state index contributed by atoms with van der Waals surface area (Å²) in [5.41, 5.74) is -1.39. The molecule has 0 bridgehead atoms. The van der Waals surface area contributed by atoms with Gasteiger partial charge >= 0.3 is 17.9 Å². The Kier molecular flexibility index (Phi) is 21.6. The zero-order valence-electron chi connectivity index (χ0n) is 29.0. The molecule has 270 valence electrons. The Morgan fingerprint density at radius 1 is 0.723 bits per heavy atom. The second-order valence-corrected chi connectivity index (χ2v) is 12.7. The third-order valence-corrected chi connectivity index (χ3v) is 8.68. The summed E-state index contributed by atoms with van der Waals surface area (Å²) >= 11 is 0. The van der Waals surface area contributed by atoms with Gasteiger partial charge in [0, 0.05) is 25.4 Å². The molecule has 1 fully saturated rings. The first kappa shape index (κ1) is 40.3. The monoisotopic (exact) mass is 666 g/mol. The summed E-state index contributed by atoms with van der Waals surface area (Å²) in [4.78, 5) is 52.0. The number of hydrogen-bond donors (Lipinski definition) is 4. The summed E-state index contributed by atoms with van der Waals surface area (Å²) in [6.07, 6.45) is 18.4. The standard InChI is InChI=1S/C35H62N4O8/c1-3-5-7-9-11-13-15-17-19-21-24-36-34(43)46-30-28(27-40)45-32(39-26-23-29(41)38-33(39)42)31(30)47-35(44)37-25-22-20-18-16-14-12-10-8-6-4-2/h23,26,28,30-32,40H,3-22,24-25,27H2,1-2H3,(H,36,43)(H,37,44)(H,38,41,42)/t28-,30-,31-,32-/m1/s1. The zero-order chi connectivity index (χ0) is 34.1. The van der Waals surface area contributed by atoms with Crippen molar-refractivity contribution in [2.75, 3.05) is 19.7 Å². The second kappa shape index (κ2) is 25.2. The van der Waals surface area contributed by atoms with Crippen LogP contribution < -0.4 is 21.9 Å². The number of carbonyl (C=O) groups excluding carboxylic acids is 2. The predicted molar refractivity (Wildman–Crippen MR) is 183 cm³/mol. The molecule has 0 aromatic carbocycles. The Hall–Kier alpha value is -2.86. The molecule has 12 heteroatoms. The minimum Gasteiger partial charge on any atom is -0.439 e. The van der Waals surface area contributed by atoms with Crippen LogP contribution in [0, 0.1) is 0 Å². The number of rotatable bonds is 26. The van der Waals surface area contributed by atoms with E-state index in [9.17, 15) is 24.3 Å². The highest BCUT2D eigenvalue weighted by Crippen LogP contribution is 2.33. The average molecular weight is 667 g/mol. The van der Waals surface area contributed by atoms with Crippen molar-refractivity contribution in [2.45, 2.75) is 167 Å². The van der Waals surface area contributed by atoms with Gasteiger partial charge in [-0.3, -0.25) is 14.3 Å². The van der Waals surface area contributed by atoms with Crippen molar-refractivity contribution in [3.63, 3.8) is 0 Å². The van der Waals surface area contributed by atoms with Gasteiger partial charge < -0.3 is 30.0 Å². The number of aromatic amines is 1. The molecule has 1 saturated heterocycles. The van der Waals surface area contributed by atoms with Crippen LogP contribution in [0.2, 0.25) is 0 Å². The summed E-state index contributed by atoms with van der Waals surface area (Å²) in [6.45, 7) is 4.70. The Balaban J connectivity index is 1.84. The molecular formula is C35H62N4O8. The van der Waals surface area contributed by atoms with E-state index >= 15 is 0 Å². The molecule has 4 atom stereocenters. The normalized spacial score (nSPS) is 19.0. The fourth-order valence-electron chi connectivity index (χ4n) is 5.91. The molecule has 2 rings (SSSR count). The molecule has 12 nitrogen and oxygen atoms in total. The number of aromatic nitrogens is 2. The maximum absolute atomic E-state index is 12.8. The van der Waals surface area contributed by atoms with Crippen LogP contribution in [0.4, 0.5) is 9.59 Å². The van der Waals surface area contributed by atoms with E-state index in [2.05, 4.69) is 29.5 Å². The first-order valence-corrected chi connectivity index (χ1v) is 18.4. The minimum absolute atomic E-state index is 0.403. The summed E-state index contributed by atoms with van der Waals surface area (Å²) in [6, 6.07) is 1.13. The van der Waals surface area contributed by atoms with Gasteiger partial charge in [0.1, 0.15) is 6.10 Å². The Morgan fingerprint density at radius 3 is 1.57 bits per heavy atom. The van der Waals surface area contributed by atoms with Gasteiger partial charge in [0.05, 0.1) is 6.61 Å². The molecule has 1 aromatic rings. The van der Waals surface area contributed by atoms with E-state index in [0.29, 0.717) is 13.1 Å². The van der Waals surface area contributed by atoms with Crippen molar-refractivity contribution in [1.82, 2.24) is 20.2 Å². The lowest BCUT2D eigenvalue weighted by Gasteiger charge is -2.24. The highest BCUT2D eigenvalue weighted by Gasteiger charge is 2.50. The van der Waals surface area contributed by atoms with Crippen LogP contribution in [0.5, 0.6) is 0 Å². The fraction of sp³-hybridized carbons (Fsp3) is 0.829. The third kappa shape index (κ3) is 16.7. The Morgan fingerprint density at radius 2 is 1.15 bits per heavy atom. The van der Waals surface area contributed by atoms with E-state index in [1.54, 1.807) is 0 Å². The van der Waals surface area contributed by atoms with Crippen molar-refractivity contribution in [2.24, 2.45) is 0 Å². The summed E-state index contributed by atoms with van der Waals surface area (Å²) in [5.74, 6) is 0. The van der Waals surface area contributed by atoms with E-state index in [4.69, 9.17) is 14.2 Å². The van der Waals surface area contributed by atoms with Crippen LogP contribution in [-0.2, 0) is 14.2 Å². The number of amides is 2. The number of ether oxygens (including phenoxy) is 3. The smallest absolute Gasteiger partial charge is 0.407 e. The van der Waals surface area contributed by atoms with Gasteiger partial charge in [0.15, 0.2) is 18.4 Å². The maximum Gasteiger partial charge on any atom is 0.407 e. The number of unbranched alkanes of at least 4 members (excludes halogenated alkanes) is 18. The average Bonchev–Trinajstić information content (AvgIpc) is 3.38. The zero-order valence-corrected chi connectivity index (χ0v) is 29.0. The van der Waals surface area contributed by atoms with Crippen molar-refractivity contribution >= 4 is 12.2 Å². The molecule has 0 aliphatic carbocycles. The molecule has 0 saturated carbocycles. The van der Waals surface area contributed by atoms with Crippen LogP contribution in [0.15, 0.2) is 21.9 Å². The van der Waals surface area contributed by atoms with Gasteiger partial charge in [-0.25, -0.2) is 14.4 Å². The number of carbonyl (C=O) groups is 2. The van der Waals surface area contributed by atoms with E-state index in [1.807, 2.05) is 0 Å². The van der Waals surface area contributed by atoms with Gasteiger partial charge in [-0.1, -0.05) is 129 Å². The molecule has 2 amide bonds. The molecule has 0 spiro atoms. The molecule has 0 radical (unpaired) electrons. The van der Waals surface area contributed by atoms with Gasteiger partial charge in [-0.2, -0.15) is 0 Å². The first-order valence-electron chi connectivity index (χ1n) is 18.4. The highest BCUT2D eigenvalue weighted by atomic mass is 16.7. The van der Waals surface area contributed by atoms with Crippen LogP contribution in [0.1, 0.15) is 148 Å². The minimum atomic E-state index is -1.26. The van der Waals surface area contributed by atoms with Crippen molar-refractivity contribution < 1.29 is 28.9 Å². The molecule has 1 aliphatic rings. The van der Waals surface area contributed by atoms with E-state index in [0.717, 1.165) is 49.2 Å². The number of aliphatic hydroxyl groups excluding tert-OH is 1. The lowest BCUT2D eigenvalue weighted by atomic mass is 10.1. The molecular weight excluding hydrogens is 604 g/mol. The second-order valence-electron chi connectivity index (χ2n) is 12.7.